The van der Waals surface area contributed by atoms with Crippen LogP contribution in [0.5, 0.6) is 0 Å². The summed E-state index contributed by atoms with van der Waals surface area (Å²) in [5.74, 6) is -0.200. The standard InChI is InChI=1S/C13H21N3O2/c1-2-16-9-8-14-13(16)15-11-7-5-3-4-6-10(11)12(17)18/h8-11H,2-7H2,1H3,(H,14,15)(H,17,18). The molecule has 1 aromatic heterocycles. The largest absolute Gasteiger partial charge is 0.481 e. The second-order valence-electron chi connectivity index (χ2n) is 4.87. The Balaban J connectivity index is 2.11. The van der Waals surface area contributed by atoms with Gasteiger partial charge in [0.1, 0.15) is 0 Å². The fraction of sp³-hybridized carbons (Fsp3) is 0.692. The van der Waals surface area contributed by atoms with Crippen LogP contribution in [0.1, 0.15) is 39.0 Å². The number of aliphatic carboxylic acids is 1. The highest BCUT2D eigenvalue weighted by Crippen LogP contribution is 2.26. The fourth-order valence-corrected chi connectivity index (χ4v) is 2.65. The van der Waals surface area contributed by atoms with E-state index in [4.69, 9.17) is 0 Å². The number of anilines is 1. The van der Waals surface area contributed by atoms with Crippen LogP contribution in [0.15, 0.2) is 12.4 Å². The van der Waals surface area contributed by atoms with Crippen LogP contribution < -0.4 is 5.32 Å². The molecule has 1 saturated carbocycles. The summed E-state index contributed by atoms with van der Waals surface area (Å²) < 4.78 is 2.00. The van der Waals surface area contributed by atoms with E-state index < -0.39 is 5.97 Å². The van der Waals surface area contributed by atoms with E-state index in [1.807, 2.05) is 10.8 Å². The summed E-state index contributed by atoms with van der Waals surface area (Å²) in [7, 11) is 0. The lowest BCUT2D eigenvalue weighted by molar-refractivity contribution is -0.142. The molecule has 1 aromatic rings. The minimum absolute atomic E-state index is 0.00213. The molecule has 0 aromatic carbocycles. The number of aryl methyl sites for hydroxylation is 1. The van der Waals surface area contributed by atoms with E-state index in [0.717, 1.165) is 44.6 Å². The molecular weight excluding hydrogens is 230 g/mol. The second-order valence-corrected chi connectivity index (χ2v) is 4.87. The number of rotatable bonds is 4. The molecule has 1 fully saturated rings. The first kappa shape index (κ1) is 12.9. The predicted molar refractivity (Wildman–Crippen MR) is 69.5 cm³/mol. The Hall–Kier alpha value is -1.52. The van der Waals surface area contributed by atoms with Crippen LogP contribution in [0, 0.1) is 5.92 Å². The molecule has 0 saturated heterocycles. The van der Waals surface area contributed by atoms with Gasteiger partial charge < -0.3 is 15.0 Å². The zero-order valence-corrected chi connectivity index (χ0v) is 10.8. The van der Waals surface area contributed by atoms with Crippen molar-refractivity contribution in [3.8, 4) is 0 Å². The van der Waals surface area contributed by atoms with E-state index in [2.05, 4.69) is 17.2 Å². The predicted octanol–water partition coefficient (Wildman–Crippen LogP) is 2.35. The highest BCUT2D eigenvalue weighted by atomic mass is 16.4. The first-order chi connectivity index (χ1) is 8.72. The summed E-state index contributed by atoms with van der Waals surface area (Å²) in [5, 5.41) is 12.6. The first-order valence-electron chi connectivity index (χ1n) is 6.73. The van der Waals surface area contributed by atoms with Gasteiger partial charge in [-0.15, -0.1) is 0 Å². The van der Waals surface area contributed by atoms with Gasteiger partial charge in [0.05, 0.1) is 5.92 Å². The van der Waals surface area contributed by atoms with Gasteiger partial charge in [-0.1, -0.05) is 19.3 Å². The number of nitrogens with zero attached hydrogens (tertiary/aromatic N) is 2. The normalized spacial score (nSPS) is 24.5. The Bertz CT molecular complexity index is 403. The van der Waals surface area contributed by atoms with E-state index in [1.165, 1.54) is 0 Å². The number of carboxylic acid groups (broad SMARTS) is 1. The maximum absolute atomic E-state index is 11.3. The number of hydrogen-bond donors (Lipinski definition) is 2. The number of hydrogen-bond acceptors (Lipinski definition) is 3. The third kappa shape index (κ3) is 2.83. The molecule has 5 nitrogen and oxygen atoms in total. The molecular formula is C13H21N3O2. The lowest BCUT2D eigenvalue weighted by Crippen LogP contribution is -2.34. The number of carbonyl (C=O) groups is 1. The molecule has 2 rings (SSSR count). The Kier molecular flexibility index (Phi) is 4.23. The molecule has 0 spiro atoms. The molecule has 1 aliphatic carbocycles. The summed E-state index contributed by atoms with van der Waals surface area (Å²) in [6.07, 6.45) is 8.57. The zero-order valence-electron chi connectivity index (χ0n) is 10.8. The Morgan fingerprint density at radius 1 is 1.50 bits per heavy atom. The maximum Gasteiger partial charge on any atom is 0.308 e. The van der Waals surface area contributed by atoms with Crippen molar-refractivity contribution in [2.45, 2.75) is 51.6 Å². The number of carboxylic acids is 1. The van der Waals surface area contributed by atoms with Crippen molar-refractivity contribution in [1.82, 2.24) is 9.55 Å². The molecule has 0 bridgehead atoms. The Labute approximate surface area is 107 Å². The van der Waals surface area contributed by atoms with Gasteiger partial charge in [-0.25, -0.2) is 4.98 Å². The van der Waals surface area contributed by atoms with Crippen LogP contribution >= 0.6 is 0 Å². The van der Waals surface area contributed by atoms with Gasteiger partial charge in [-0.05, 0) is 19.8 Å². The summed E-state index contributed by atoms with van der Waals surface area (Å²) >= 11 is 0. The summed E-state index contributed by atoms with van der Waals surface area (Å²) in [6.45, 7) is 2.89. The van der Waals surface area contributed by atoms with Crippen LogP contribution in [-0.4, -0.2) is 26.7 Å². The summed E-state index contributed by atoms with van der Waals surface area (Å²) in [5.41, 5.74) is 0. The van der Waals surface area contributed by atoms with Crippen LogP contribution in [0.3, 0.4) is 0 Å². The number of aromatic nitrogens is 2. The minimum atomic E-state index is -0.691. The van der Waals surface area contributed by atoms with Gasteiger partial charge in [0, 0.05) is 25.0 Å². The summed E-state index contributed by atoms with van der Waals surface area (Å²) in [4.78, 5) is 15.6. The third-order valence-electron chi connectivity index (χ3n) is 3.70. The molecule has 2 atom stereocenters. The van der Waals surface area contributed by atoms with Crippen molar-refractivity contribution in [3.63, 3.8) is 0 Å². The van der Waals surface area contributed by atoms with Crippen LogP contribution in [0.25, 0.3) is 0 Å². The monoisotopic (exact) mass is 251 g/mol. The van der Waals surface area contributed by atoms with Gasteiger partial charge in [0.15, 0.2) is 0 Å². The molecule has 2 N–H and O–H groups in total. The molecule has 18 heavy (non-hydrogen) atoms. The lowest BCUT2D eigenvalue weighted by atomic mass is 9.95. The zero-order chi connectivity index (χ0) is 13.0. The van der Waals surface area contributed by atoms with Crippen molar-refractivity contribution >= 4 is 11.9 Å². The molecule has 0 aliphatic heterocycles. The van der Waals surface area contributed by atoms with E-state index in [9.17, 15) is 9.90 Å². The molecule has 2 unspecified atom stereocenters. The quantitative estimate of drug-likeness (QED) is 0.806. The average Bonchev–Trinajstić information content (AvgIpc) is 2.65. The van der Waals surface area contributed by atoms with Gasteiger partial charge in [0.25, 0.3) is 0 Å². The maximum atomic E-state index is 11.3. The van der Waals surface area contributed by atoms with E-state index in [0.29, 0.717) is 0 Å². The van der Waals surface area contributed by atoms with Crippen molar-refractivity contribution in [3.05, 3.63) is 12.4 Å². The Morgan fingerprint density at radius 2 is 2.28 bits per heavy atom. The van der Waals surface area contributed by atoms with Gasteiger partial charge in [0.2, 0.25) is 5.95 Å². The van der Waals surface area contributed by atoms with Gasteiger partial charge in [-0.2, -0.15) is 0 Å². The average molecular weight is 251 g/mol. The van der Waals surface area contributed by atoms with Crippen molar-refractivity contribution in [2.75, 3.05) is 5.32 Å². The molecule has 100 valence electrons. The smallest absolute Gasteiger partial charge is 0.308 e. The SMILES string of the molecule is CCn1ccnc1NC1CCCCCC1C(=O)O. The van der Waals surface area contributed by atoms with E-state index in [-0.39, 0.29) is 12.0 Å². The molecule has 0 radical (unpaired) electrons. The van der Waals surface area contributed by atoms with E-state index in [1.54, 1.807) is 6.20 Å². The summed E-state index contributed by atoms with van der Waals surface area (Å²) in [6, 6.07) is -0.00213. The first-order valence-corrected chi connectivity index (χ1v) is 6.73. The molecule has 5 heteroatoms. The molecule has 1 aliphatic rings. The second kappa shape index (κ2) is 5.89. The fourth-order valence-electron chi connectivity index (χ4n) is 2.65. The lowest BCUT2D eigenvalue weighted by Gasteiger charge is -2.23. The van der Waals surface area contributed by atoms with Gasteiger partial charge in [-0.3, -0.25) is 4.79 Å². The van der Waals surface area contributed by atoms with Gasteiger partial charge >= 0.3 is 5.97 Å². The van der Waals surface area contributed by atoms with Crippen LogP contribution in [-0.2, 0) is 11.3 Å². The van der Waals surface area contributed by atoms with Crippen molar-refractivity contribution in [2.24, 2.45) is 5.92 Å². The Morgan fingerprint density at radius 3 is 3.00 bits per heavy atom. The highest BCUT2D eigenvalue weighted by Gasteiger charge is 2.30. The third-order valence-corrected chi connectivity index (χ3v) is 3.70. The number of imidazole rings is 1. The van der Waals surface area contributed by atoms with Crippen molar-refractivity contribution < 1.29 is 9.90 Å². The minimum Gasteiger partial charge on any atom is -0.481 e. The van der Waals surface area contributed by atoms with Crippen LogP contribution in [0.4, 0.5) is 5.95 Å². The highest BCUT2D eigenvalue weighted by molar-refractivity contribution is 5.71. The topological polar surface area (TPSA) is 67.2 Å². The molecule has 0 amide bonds. The van der Waals surface area contributed by atoms with E-state index >= 15 is 0 Å². The van der Waals surface area contributed by atoms with Crippen molar-refractivity contribution in [1.29, 1.82) is 0 Å². The van der Waals surface area contributed by atoms with Crippen LogP contribution in [0.2, 0.25) is 0 Å². The number of nitrogens with one attached hydrogen (secondary N) is 1. The molecule has 1 heterocycles.